The van der Waals surface area contributed by atoms with E-state index < -0.39 is 0 Å². The Kier molecular flexibility index (Phi) is 3.85. The number of halogens is 1. The summed E-state index contributed by atoms with van der Waals surface area (Å²) in [6.45, 7) is 0. The Hall–Kier alpha value is -1.27. The van der Waals surface area contributed by atoms with Crippen LogP contribution in [0, 0.1) is 0 Å². The monoisotopic (exact) mass is 352 g/mol. The highest BCUT2D eigenvalue weighted by molar-refractivity contribution is 9.10. The minimum Gasteiger partial charge on any atom is -0.496 e. The summed E-state index contributed by atoms with van der Waals surface area (Å²) in [5, 5.41) is 0. The van der Waals surface area contributed by atoms with Crippen LogP contribution in [-0.4, -0.2) is 22.8 Å². The smallest absolute Gasteiger partial charge is 0.255 e. The average molecular weight is 353 g/mol. The molecule has 0 radical (unpaired) electrons. The van der Waals surface area contributed by atoms with Crippen LogP contribution in [0.1, 0.15) is 11.3 Å². The molecule has 20 heavy (non-hydrogen) atoms. The molecule has 0 aliphatic carbocycles. The molecule has 6 heteroatoms. The number of nitrogens with zero attached hydrogens (tertiary/aromatic N) is 1. The number of aromatic amines is 1. The summed E-state index contributed by atoms with van der Waals surface area (Å²) in [7, 11) is 1.61. The van der Waals surface area contributed by atoms with Gasteiger partial charge < -0.3 is 9.72 Å². The number of hydrogen-bond acceptors (Lipinski definition) is 4. The van der Waals surface area contributed by atoms with Crippen LogP contribution in [0.4, 0.5) is 0 Å². The lowest BCUT2D eigenvalue weighted by atomic mass is 10.1. The fourth-order valence-corrected chi connectivity index (χ4v) is 3.56. The highest BCUT2D eigenvalue weighted by Gasteiger charge is 2.18. The summed E-state index contributed by atoms with van der Waals surface area (Å²) in [6.07, 6.45) is 0.843. The number of rotatable bonds is 2. The fraction of sp³-hybridized carbons (Fsp3) is 0.286. The molecule has 0 saturated carbocycles. The van der Waals surface area contributed by atoms with Gasteiger partial charge in [0.25, 0.3) is 5.56 Å². The molecule has 1 aromatic carbocycles. The molecular weight excluding hydrogens is 340 g/mol. The van der Waals surface area contributed by atoms with Crippen LogP contribution in [-0.2, 0) is 12.2 Å². The van der Waals surface area contributed by atoms with Crippen LogP contribution in [0.15, 0.2) is 27.5 Å². The van der Waals surface area contributed by atoms with Gasteiger partial charge in [0, 0.05) is 15.8 Å². The minimum absolute atomic E-state index is 0.0397. The average Bonchev–Trinajstić information content (AvgIpc) is 2.47. The SMILES string of the molecule is COc1cc(Br)ccc1-c1nc2c(c(=O)[nH]1)CSCC2. The molecule has 0 spiro atoms. The van der Waals surface area contributed by atoms with Gasteiger partial charge in [0.1, 0.15) is 11.6 Å². The van der Waals surface area contributed by atoms with E-state index in [0.29, 0.717) is 11.6 Å². The number of thioether (sulfide) groups is 1. The number of hydrogen-bond donors (Lipinski definition) is 1. The molecule has 0 bridgehead atoms. The molecule has 4 nitrogen and oxygen atoms in total. The van der Waals surface area contributed by atoms with Gasteiger partial charge in [-0.3, -0.25) is 4.79 Å². The number of aryl methyl sites for hydroxylation is 1. The van der Waals surface area contributed by atoms with E-state index in [1.54, 1.807) is 18.9 Å². The molecule has 1 aliphatic rings. The van der Waals surface area contributed by atoms with Crippen LogP contribution < -0.4 is 10.3 Å². The first-order valence-electron chi connectivity index (χ1n) is 6.23. The predicted octanol–water partition coefficient (Wildman–Crippen LogP) is 3.00. The van der Waals surface area contributed by atoms with Gasteiger partial charge >= 0.3 is 0 Å². The second-order valence-electron chi connectivity index (χ2n) is 4.49. The van der Waals surface area contributed by atoms with Gasteiger partial charge in [0.05, 0.1) is 18.4 Å². The van der Waals surface area contributed by atoms with Gasteiger partial charge in [-0.15, -0.1) is 0 Å². The van der Waals surface area contributed by atoms with Crippen LogP contribution in [0.25, 0.3) is 11.4 Å². The van der Waals surface area contributed by atoms with E-state index in [2.05, 4.69) is 25.9 Å². The normalized spacial score (nSPS) is 13.9. The zero-order chi connectivity index (χ0) is 14.1. The van der Waals surface area contributed by atoms with Crippen molar-refractivity contribution in [2.75, 3.05) is 12.9 Å². The van der Waals surface area contributed by atoms with E-state index in [-0.39, 0.29) is 5.56 Å². The van der Waals surface area contributed by atoms with Crippen molar-refractivity contribution in [2.24, 2.45) is 0 Å². The highest BCUT2D eigenvalue weighted by Crippen LogP contribution is 2.31. The zero-order valence-corrected chi connectivity index (χ0v) is 13.3. The molecular formula is C14H13BrN2O2S. The van der Waals surface area contributed by atoms with E-state index in [1.165, 1.54) is 0 Å². The summed E-state index contributed by atoms with van der Waals surface area (Å²) < 4.78 is 6.29. The Labute approximate surface area is 129 Å². The minimum atomic E-state index is -0.0397. The molecule has 1 aliphatic heterocycles. The lowest BCUT2D eigenvalue weighted by Crippen LogP contribution is -2.21. The molecule has 2 aromatic rings. The quantitative estimate of drug-likeness (QED) is 0.902. The first-order chi connectivity index (χ1) is 9.69. The summed E-state index contributed by atoms with van der Waals surface area (Å²) in [4.78, 5) is 19.7. The third kappa shape index (κ3) is 2.50. The van der Waals surface area contributed by atoms with E-state index in [4.69, 9.17) is 4.74 Å². The molecule has 0 fully saturated rings. The Balaban J connectivity index is 2.16. The molecule has 2 heterocycles. The van der Waals surface area contributed by atoms with Gasteiger partial charge in [-0.25, -0.2) is 4.98 Å². The predicted molar refractivity (Wildman–Crippen MR) is 84.4 cm³/mol. The van der Waals surface area contributed by atoms with Crippen molar-refractivity contribution in [2.45, 2.75) is 12.2 Å². The van der Waals surface area contributed by atoms with Gasteiger partial charge in [0.2, 0.25) is 0 Å². The molecule has 3 rings (SSSR count). The second kappa shape index (κ2) is 5.61. The van der Waals surface area contributed by atoms with Crippen molar-refractivity contribution >= 4 is 27.7 Å². The highest BCUT2D eigenvalue weighted by atomic mass is 79.9. The van der Waals surface area contributed by atoms with E-state index in [1.807, 2.05) is 18.2 Å². The topological polar surface area (TPSA) is 55.0 Å². The Morgan fingerprint density at radius 3 is 3.10 bits per heavy atom. The van der Waals surface area contributed by atoms with E-state index in [0.717, 1.165) is 39.2 Å². The second-order valence-corrected chi connectivity index (χ2v) is 6.51. The van der Waals surface area contributed by atoms with E-state index in [9.17, 15) is 4.79 Å². The maximum atomic E-state index is 12.2. The number of benzene rings is 1. The van der Waals surface area contributed by atoms with Crippen molar-refractivity contribution in [3.63, 3.8) is 0 Å². The van der Waals surface area contributed by atoms with Crippen molar-refractivity contribution in [1.29, 1.82) is 0 Å². The number of nitrogens with one attached hydrogen (secondary N) is 1. The van der Waals surface area contributed by atoms with Crippen molar-refractivity contribution in [3.8, 4) is 17.1 Å². The number of methoxy groups -OCH3 is 1. The molecule has 1 N–H and O–H groups in total. The van der Waals surface area contributed by atoms with Gasteiger partial charge in [-0.05, 0) is 30.4 Å². The summed E-state index contributed by atoms with van der Waals surface area (Å²) in [6, 6.07) is 5.67. The third-order valence-electron chi connectivity index (χ3n) is 3.25. The van der Waals surface area contributed by atoms with Gasteiger partial charge in [-0.2, -0.15) is 11.8 Å². The molecule has 0 saturated heterocycles. The Bertz CT molecular complexity index is 715. The van der Waals surface area contributed by atoms with E-state index >= 15 is 0 Å². The molecule has 1 aromatic heterocycles. The van der Waals surface area contributed by atoms with Gasteiger partial charge in [0.15, 0.2) is 0 Å². The van der Waals surface area contributed by atoms with Gasteiger partial charge in [-0.1, -0.05) is 15.9 Å². The first-order valence-corrected chi connectivity index (χ1v) is 8.17. The first kappa shape index (κ1) is 13.7. The third-order valence-corrected chi connectivity index (χ3v) is 4.73. The molecule has 0 amide bonds. The maximum Gasteiger partial charge on any atom is 0.255 e. The molecule has 0 unspecified atom stereocenters. The molecule has 0 atom stereocenters. The summed E-state index contributed by atoms with van der Waals surface area (Å²) in [5.74, 6) is 3.02. The van der Waals surface area contributed by atoms with Crippen LogP contribution in [0.5, 0.6) is 5.75 Å². The largest absolute Gasteiger partial charge is 0.496 e. The zero-order valence-electron chi connectivity index (χ0n) is 10.9. The Morgan fingerprint density at radius 1 is 1.45 bits per heavy atom. The fourth-order valence-electron chi connectivity index (χ4n) is 2.23. The standard InChI is InChI=1S/C14H13BrN2O2S/c1-19-12-6-8(15)2-3-9(12)13-16-11-4-5-20-7-10(11)14(18)17-13/h2-3,6H,4-5,7H2,1H3,(H,16,17,18). The maximum absolute atomic E-state index is 12.2. The van der Waals surface area contributed by atoms with Crippen molar-refractivity contribution in [1.82, 2.24) is 9.97 Å². The lowest BCUT2D eigenvalue weighted by molar-refractivity contribution is 0.416. The number of H-pyrrole nitrogens is 1. The van der Waals surface area contributed by atoms with Crippen molar-refractivity contribution < 1.29 is 4.74 Å². The number of fused-ring (bicyclic) bond motifs is 1. The Morgan fingerprint density at radius 2 is 2.30 bits per heavy atom. The number of ether oxygens (including phenoxy) is 1. The summed E-state index contributed by atoms with van der Waals surface area (Å²) in [5.41, 5.74) is 2.48. The summed E-state index contributed by atoms with van der Waals surface area (Å²) >= 11 is 5.18. The van der Waals surface area contributed by atoms with Crippen molar-refractivity contribution in [3.05, 3.63) is 44.3 Å². The van der Waals surface area contributed by atoms with Crippen LogP contribution in [0.2, 0.25) is 0 Å². The number of aromatic nitrogens is 2. The van der Waals surface area contributed by atoms with Crippen LogP contribution >= 0.6 is 27.7 Å². The van der Waals surface area contributed by atoms with Crippen LogP contribution in [0.3, 0.4) is 0 Å². The lowest BCUT2D eigenvalue weighted by Gasteiger charge is -2.15. The molecule has 104 valence electrons.